The van der Waals surface area contributed by atoms with Gasteiger partial charge in [-0.25, -0.2) is 8.42 Å². The van der Waals surface area contributed by atoms with Crippen molar-refractivity contribution >= 4 is 27.4 Å². The molecule has 1 fully saturated rings. The van der Waals surface area contributed by atoms with Crippen LogP contribution in [0.4, 0.5) is 0 Å². The average molecular weight is 397 g/mol. The number of benzene rings is 1. The maximum Gasteiger partial charge on any atom is 0.152 e. The summed E-state index contributed by atoms with van der Waals surface area (Å²) in [5.74, 6) is 3.10. The van der Waals surface area contributed by atoms with Crippen molar-refractivity contribution < 1.29 is 13.2 Å². The second kappa shape index (κ2) is 10.5. The zero-order chi connectivity index (χ0) is 19.0. The topological polar surface area (TPSA) is 51.2 Å². The lowest BCUT2D eigenvalue weighted by molar-refractivity contribution is -0.124. The molecule has 0 radical (unpaired) electrons. The van der Waals surface area contributed by atoms with Crippen molar-refractivity contribution in [2.75, 3.05) is 11.5 Å². The largest absolute Gasteiger partial charge is 0.299 e. The van der Waals surface area contributed by atoms with E-state index in [0.29, 0.717) is 18.0 Å². The van der Waals surface area contributed by atoms with Gasteiger partial charge in [0.1, 0.15) is 5.78 Å². The van der Waals surface area contributed by atoms with Crippen LogP contribution in [0.1, 0.15) is 57.9 Å². The van der Waals surface area contributed by atoms with Gasteiger partial charge in [0.05, 0.1) is 11.0 Å². The van der Waals surface area contributed by atoms with Gasteiger partial charge in [-0.1, -0.05) is 30.3 Å². The van der Waals surface area contributed by atoms with E-state index in [4.69, 9.17) is 0 Å². The van der Waals surface area contributed by atoms with Crippen molar-refractivity contribution in [2.45, 2.75) is 63.4 Å². The van der Waals surface area contributed by atoms with Crippen LogP contribution in [-0.4, -0.2) is 31.0 Å². The van der Waals surface area contributed by atoms with E-state index in [2.05, 4.69) is 24.3 Å². The Morgan fingerprint density at radius 3 is 2.38 bits per heavy atom. The fraction of sp³-hybridized carbons (Fsp3) is 0.667. The molecule has 0 N–H and O–H groups in total. The molecule has 1 aromatic carbocycles. The summed E-state index contributed by atoms with van der Waals surface area (Å²) < 4.78 is 24.1. The quantitative estimate of drug-likeness (QED) is 0.528. The number of carbonyl (C=O) groups is 1. The van der Waals surface area contributed by atoms with E-state index >= 15 is 0 Å². The summed E-state index contributed by atoms with van der Waals surface area (Å²) in [4.78, 5) is 12.4. The van der Waals surface area contributed by atoms with Crippen LogP contribution in [-0.2, 0) is 20.4 Å². The Labute approximate surface area is 163 Å². The van der Waals surface area contributed by atoms with Crippen molar-refractivity contribution in [1.29, 1.82) is 0 Å². The molecule has 5 heteroatoms. The Balaban J connectivity index is 1.61. The predicted octanol–water partition coefficient (Wildman–Crippen LogP) is 4.90. The summed E-state index contributed by atoms with van der Waals surface area (Å²) in [5.41, 5.74) is 1.33. The van der Waals surface area contributed by atoms with E-state index < -0.39 is 9.84 Å². The Morgan fingerprint density at radius 2 is 1.77 bits per heavy atom. The van der Waals surface area contributed by atoms with Crippen LogP contribution < -0.4 is 0 Å². The molecule has 1 aliphatic rings. The van der Waals surface area contributed by atoms with Gasteiger partial charge in [0.15, 0.2) is 9.84 Å². The summed E-state index contributed by atoms with van der Waals surface area (Å²) in [6, 6.07) is 10.4. The second-order valence-electron chi connectivity index (χ2n) is 7.70. The van der Waals surface area contributed by atoms with Crippen LogP contribution >= 0.6 is 11.8 Å². The molecule has 146 valence electrons. The fourth-order valence-electron chi connectivity index (χ4n) is 3.49. The Hall–Kier alpha value is -0.810. The summed E-state index contributed by atoms with van der Waals surface area (Å²) in [6.45, 7) is 3.50. The van der Waals surface area contributed by atoms with Gasteiger partial charge in [0.2, 0.25) is 0 Å². The molecule has 0 bridgehead atoms. The van der Waals surface area contributed by atoms with E-state index in [9.17, 15) is 13.2 Å². The Kier molecular flexibility index (Phi) is 8.68. The van der Waals surface area contributed by atoms with Gasteiger partial charge in [-0.05, 0) is 63.2 Å². The molecular formula is C21H32O3S2. The number of ketones is 1. The number of hydrogen-bond donors (Lipinski definition) is 0. The van der Waals surface area contributed by atoms with E-state index in [-0.39, 0.29) is 17.1 Å². The molecule has 0 saturated heterocycles. The molecule has 1 saturated carbocycles. The first kappa shape index (κ1) is 21.5. The highest BCUT2D eigenvalue weighted by Crippen LogP contribution is 2.32. The van der Waals surface area contributed by atoms with Gasteiger partial charge < -0.3 is 0 Å². The molecule has 0 atom stereocenters. The molecule has 1 aliphatic carbocycles. The smallest absolute Gasteiger partial charge is 0.152 e. The number of carbonyl (C=O) groups excluding carboxylic acids is 1. The first-order valence-electron chi connectivity index (χ1n) is 9.74. The summed E-state index contributed by atoms with van der Waals surface area (Å²) >= 11 is 1.89. The monoisotopic (exact) mass is 396 g/mol. The zero-order valence-electron chi connectivity index (χ0n) is 16.0. The molecule has 0 heterocycles. The number of thioether (sulfide) groups is 1. The Bertz CT molecular complexity index is 645. The molecule has 2 rings (SSSR count). The van der Waals surface area contributed by atoms with Crippen molar-refractivity contribution in [2.24, 2.45) is 11.8 Å². The molecule has 26 heavy (non-hydrogen) atoms. The van der Waals surface area contributed by atoms with Gasteiger partial charge in [-0.15, -0.1) is 0 Å². The lowest BCUT2D eigenvalue weighted by Crippen LogP contribution is -2.28. The van der Waals surface area contributed by atoms with E-state index in [1.165, 1.54) is 5.56 Å². The SMILES string of the molecule is CC(C)S(=O)(=O)CC1CCC(C(=O)CCCSCc2ccccc2)CC1. The third-order valence-electron chi connectivity index (χ3n) is 5.31. The lowest BCUT2D eigenvalue weighted by Gasteiger charge is -2.28. The molecule has 0 aliphatic heterocycles. The fourth-order valence-corrected chi connectivity index (χ4v) is 5.79. The van der Waals surface area contributed by atoms with E-state index in [1.54, 1.807) is 13.8 Å². The predicted molar refractivity (Wildman–Crippen MR) is 111 cm³/mol. The normalized spacial score (nSPS) is 21.0. The third kappa shape index (κ3) is 7.07. The number of Topliss-reactive ketones (excluding diaryl/α,β-unsaturated/α-hetero) is 1. The summed E-state index contributed by atoms with van der Waals surface area (Å²) in [6.07, 6.45) is 5.11. The molecule has 3 nitrogen and oxygen atoms in total. The van der Waals surface area contributed by atoms with Gasteiger partial charge in [-0.2, -0.15) is 11.8 Å². The van der Waals surface area contributed by atoms with Crippen LogP contribution in [0.25, 0.3) is 0 Å². The van der Waals surface area contributed by atoms with E-state index in [0.717, 1.165) is 43.6 Å². The van der Waals surface area contributed by atoms with E-state index in [1.807, 2.05) is 17.8 Å². The second-order valence-corrected chi connectivity index (χ2v) is 11.4. The highest BCUT2D eigenvalue weighted by Gasteiger charge is 2.29. The van der Waals surface area contributed by atoms with Crippen LogP contribution in [0.15, 0.2) is 30.3 Å². The first-order valence-corrected chi connectivity index (χ1v) is 12.6. The summed E-state index contributed by atoms with van der Waals surface area (Å²) in [7, 11) is -2.97. The van der Waals surface area contributed by atoms with Crippen molar-refractivity contribution in [3.63, 3.8) is 0 Å². The molecule has 0 aromatic heterocycles. The minimum atomic E-state index is -2.97. The standard InChI is InChI=1S/C21H32O3S2/c1-17(2)26(23,24)16-19-10-12-20(13-11-19)21(22)9-6-14-25-15-18-7-4-3-5-8-18/h3-5,7-8,17,19-20H,6,9-16H2,1-2H3. The maximum absolute atomic E-state index is 12.4. The highest BCUT2D eigenvalue weighted by molar-refractivity contribution is 7.98. The minimum absolute atomic E-state index is 0.159. The number of sulfone groups is 1. The molecular weight excluding hydrogens is 364 g/mol. The molecule has 0 amide bonds. The maximum atomic E-state index is 12.4. The first-order chi connectivity index (χ1) is 12.4. The van der Waals surface area contributed by atoms with Crippen molar-refractivity contribution in [1.82, 2.24) is 0 Å². The summed E-state index contributed by atoms with van der Waals surface area (Å²) in [5, 5.41) is -0.296. The number of hydrogen-bond acceptors (Lipinski definition) is 4. The van der Waals surface area contributed by atoms with Gasteiger partial charge in [-0.3, -0.25) is 4.79 Å². The van der Waals surface area contributed by atoms with Crippen LogP contribution in [0.5, 0.6) is 0 Å². The number of rotatable bonds is 10. The van der Waals surface area contributed by atoms with Crippen LogP contribution in [0, 0.1) is 11.8 Å². The van der Waals surface area contributed by atoms with Gasteiger partial charge in [0.25, 0.3) is 0 Å². The lowest BCUT2D eigenvalue weighted by atomic mass is 9.80. The van der Waals surface area contributed by atoms with Crippen LogP contribution in [0.3, 0.4) is 0 Å². The molecule has 0 unspecified atom stereocenters. The minimum Gasteiger partial charge on any atom is -0.299 e. The zero-order valence-corrected chi connectivity index (χ0v) is 17.7. The molecule has 1 aromatic rings. The van der Waals surface area contributed by atoms with Crippen LogP contribution in [0.2, 0.25) is 0 Å². The average Bonchev–Trinajstić information content (AvgIpc) is 2.62. The third-order valence-corrected chi connectivity index (χ3v) is 8.80. The highest BCUT2D eigenvalue weighted by atomic mass is 32.2. The van der Waals surface area contributed by atoms with Gasteiger partial charge >= 0.3 is 0 Å². The van der Waals surface area contributed by atoms with Crippen molar-refractivity contribution in [3.8, 4) is 0 Å². The Morgan fingerprint density at radius 1 is 1.12 bits per heavy atom. The van der Waals surface area contributed by atoms with Gasteiger partial charge in [0, 0.05) is 18.1 Å². The van der Waals surface area contributed by atoms with Crippen molar-refractivity contribution in [3.05, 3.63) is 35.9 Å². The molecule has 0 spiro atoms.